The third kappa shape index (κ3) is 2.90. The zero-order valence-electron chi connectivity index (χ0n) is 11.1. The second kappa shape index (κ2) is 5.47. The van der Waals surface area contributed by atoms with Gasteiger partial charge in [0, 0.05) is 28.6 Å². The minimum Gasteiger partial charge on any atom is -0.379 e. The number of fused-ring (bicyclic) bond motifs is 1. The zero-order valence-corrected chi connectivity index (χ0v) is 12.7. The smallest absolute Gasteiger partial charge is 0.0934 e. The summed E-state index contributed by atoms with van der Waals surface area (Å²) in [6.45, 7) is 2.31. The Morgan fingerprint density at radius 2 is 2.32 bits per heavy atom. The number of aromatic nitrogens is 1. The zero-order chi connectivity index (χ0) is 13.2. The molecule has 1 aromatic carbocycles. The number of likely N-dealkylation sites (N-methyl/N-ethyl adjacent to an activating group) is 1. The molecule has 1 atom stereocenters. The predicted molar refractivity (Wildman–Crippen MR) is 83.6 cm³/mol. The maximum Gasteiger partial charge on any atom is 0.0934 e. The van der Waals surface area contributed by atoms with Crippen LogP contribution < -0.4 is 5.32 Å². The Hall–Kier alpha value is -1.13. The number of halogens is 1. The number of nitrogens with one attached hydrogen (secondary N) is 1. The summed E-state index contributed by atoms with van der Waals surface area (Å²) >= 11 is 3.47. The second-order valence-electron chi connectivity index (χ2n) is 5.28. The molecule has 0 radical (unpaired) electrons. The fourth-order valence-electron chi connectivity index (χ4n) is 2.75. The largest absolute Gasteiger partial charge is 0.379 e. The van der Waals surface area contributed by atoms with Gasteiger partial charge in [0.25, 0.3) is 0 Å². The van der Waals surface area contributed by atoms with Crippen molar-refractivity contribution >= 4 is 32.5 Å². The second-order valence-corrected chi connectivity index (χ2v) is 6.19. The summed E-state index contributed by atoms with van der Waals surface area (Å²) in [5, 5.41) is 4.82. The van der Waals surface area contributed by atoms with Crippen molar-refractivity contribution in [3.8, 4) is 0 Å². The first kappa shape index (κ1) is 12.9. The standard InChI is InChI=1S/C15H18BrN3/c1-19-7-3-5-13(10-19)18-14-6-2-4-11-8-12(16)9-17-15(11)14/h2,4,6,8-9,13,18H,3,5,7,10H2,1H3. The molecule has 100 valence electrons. The van der Waals surface area contributed by atoms with Gasteiger partial charge in [-0.1, -0.05) is 12.1 Å². The van der Waals surface area contributed by atoms with Crippen LogP contribution >= 0.6 is 15.9 Å². The third-order valence-corrected chi connectivity index (χ3v) is 4.10. The molecule has 3 rings (SSSR count). The molecule has 1 fully saturated rings. The van der Waals surface area contributed by atoms with Gasteiger partial charge in [0.1, 0.15) is 0 Å². The van der Waals surface area contributed by atoms with Crippen molar-refractivity contribution in [1.29, 1.82) is 0 Å². The number of piperidine rings is 1. The number of para-hydroxylation sites is 1. The summed E-state index contributed by atoms with van der Waals surface area (Å²) < 4.78 is 1.02. The molecule has 1 aliphatic heterocycles. The topological polar surface area (TPSA) is 28.2 Å². The van der Waals surface area contributed by atoms with Crippen molar-refractivity contribution < 1.29 is 0 Å². The molecule has 1 saturated heterocycles. The van der Waals surface area contributed by atoms with Crippen molar-refractivity contribution in [3.05, 3.63) is 34.9 Å². The molecule has 2 aromatic rings. The lowest BCUT2D eigenvalue weighted by atomic mass is 10.1. The highest BCUT2D eigenvalue weighted by Gasteiger charge is 2.17. The summed E-state index contributed by atoms with van der Waals surface area (Å²) in [5.74, 6) is 0. The van der Waals surface area contributed by atoms with Gasteiger partial charge in [0.2, 0.25) is 0 Å². The average molecular weight is 320 g/mol. The van der Waals surface area contributed by atoms with Crippen LogP contribution in [0, 0.1) is 0 Å². The Kier molecular flexibility index (Phi) is 3.71. The van der Waals surface area contributed by atoms with Gasteiger partial charge in [-0.05, 0) is 54.5 Å². The molecule has 19 heavy (non-hydrogen) atoms. The van der Waals surface area contributed by atoms with Crippen LogP contribution in [0.2, 0.25) is 0 Å². The van der Waals surface area contributed by atoms with Gasteiger partial charge in [-0.15, -0.1) is 0 Å². The number of rotatable bonds is 2. The van der Waals surface area contributed by atoms with Gasteiger partial charge in [-0.2, -0.15) is 0 Å². The third-order valence-electron chi connectivity index (χ3n) is 3.66. The number of likely N-dealkylation sites (tertiary alicyclic amines) is 1. The first-order chi connectivity index (χ1) is 9.22. The Balaban J connectivity index is 1.88. The van der Waals surface area contributed by atoms with Crippen LogP contribution in [0.25, 0.3) is 10.9 Å². The number of pyridine rings is 1. The molecule has 1 N–H and O–H groups in total. The molecule has 0 amide bonds. The summed E-state index contributed by atoms with van der Waals surface area (Å²) in [6, 6.07) is 8.95. The molecule has 0 saturated carbocycles. The summed E-state index contributed by atoms with van der Waals surface area (Å²) in [4.78, 5) is 6.93. The van der Waals surface area contributed by atoms with Crippen molar-refractivity contribution in [2.24, 2.45) is 0 Å². The highest BCUT2D eigenvalue weighted by molar-refractivity contribution is 9.10. The van der Waals surface area contributed by atoms with Crippen LogP contribution in [-0.4, -0.2) is 36.1 Å². The lowest BCUT2D eigenvalue weighted by Gasteiger charge is -2.31. The summed E-state index contributed by atoms with van der Waals surface area (Å²) in [7, 11) is 2.19. The van der Waals surface area contributed by atoms with Gasteiger partial charge in [0.05, 0.1) is 11.2 Å². The monoisotopic (exact) mass is 319 g/mol. The van der Waals surface area contributed by atoms with Crippen molar-refractivity contribution in [2.45, 2.75) is 18.9 Å². The minimum atomic E-state index is 0.523. The minimum absolute atomic E-state index is 0.523. The van der Waals surface area contributed by atoms with Crippen molar-refractivity contribution in [1.82, 2.24) is 9.88 Å². The Morgan fingerprint density at radius 1 is 1.42 bits per heavy atom. The molecule has 1 aliphatic rings. The lowest BCUT2D eigenvalue weighted by Crippen LogP contribution is -2.39. The molecule has 0 spiro atoms. The van der Waals surface area contributed by atoms with E-state index < -0.39 is 0 Å². The van der Waals surface area contributed by atoms with Gasteiger partial charge >= 0.3 is 0 Å². The first-order valence-electron chi connectivity index (χ1n) is 6.72. The van der Waals surface area contributed by atoms with Crippen LogP contribution in [0.4, 0.5) is 5.69 Å². The molecule has 2 heterocycles. The van der Waals surface area contributed by atoms with Crippen LogP contribution in [0.3, 0.4) is 0 Å². The number of hydrogen-bond donors (Lipinski definition) is 1. The van der Waals surface area contributed by atoms with Gasteiger partial charge in [-0.25, -0.2) is 0 Å². The number of nitrogens with zero attached hydrogens (tertiary/aromatic N) is 2. The Labute approximate surface area is 122 Å². The highest BCUT2D eigenvalue weighted by Crippen LogP contribution is 2.25. The van der Waals surface area contributed by atoms with E-state index in [9.17, 15) is 0 Å². The van der Waals surface area contributed by atoms with Crippen LogP contribution in [0.5, 0.6) is 0 Å². The predicted octanol–water partition coefficient (Wildman–Crippen LogP) is 3.50. The van der Waals surface area contributed by atoms with E-state index in [1.165, 1.54) is 24.8 Å². The molecule has 1 unspecified atom stereocenters. The molecular weight excluding hydrogens is 302 g/mol. The van der Waals surface area contributed by atoms with Crippen molar-refractivity contribution in [3.63, 3.8) is 0 Å². The fourth-order valence-corrected chi connectivity index (χ4v) is 3.10. The Bertz CT molecular complexity index is 585. The van der Waals surface area contributed by atoms with E-state index in [0.717, 1.165) is 22.2 Å². The Morgan fingerprint density at radius 3 is 3.16 bits per heavy atom. The van der Waals surface area contributed by atoms with E-state index in [1.54, 1.807) is 0 Å². The highest BCUT2D eigenvalue weighted by atomic mass is 79.9. The number of hydrogen-bond acceptors (Lipinski definition) is 3. The van der Waals surface area contributed by atoms with E-state index in [-0.39, 0.29) is 0 Å². The normalized spacial score (nSPS) is 20.6. The first-order valence-corrected chi connectivity index (χ1v) is 7.51. The lowest BCUT2D eigenvalue weighted by molar-refractivity contribution is 0.261. The van der Waals surface area contributed by atoms with E-state index in [1.807, 2.05) is 6.20 Å². The molecular formula is C15H18BrN3. The molecule has 4 heteroatoms. The maximum atomic E-state index is 4.54. The van der Waals surface area contributed by atoms with Gasteiger partial charge in [-0.3, -0.25) is 4.98 Å². The van der Waals surface area contributed by atoms with E-state index in [4.69, 9.17) is 0 Å². The summed E-state index contributed by atoms with van der Waals surface area (Å²) in [5.41, 5.74) is 2.20. The molecule has 3 nitrogen and oxygen atoms in total. The van der Waals surface area contributed by atoms with E-state index >= 15 is 0 Å². The summed E-state index contributed by atoms with van der Waals surface area (Å²) in [6.07, 6.45) is 4.36. The van der Waals surface area contributed by atoms with Gasteiger partial charge in [0.15, 0.2) is 0 Å². The maximum absolute atomic E-state index is 4.54. The van der Waals surface area contributed by atoms with Crippen LogP contribution in [-0.2, 0) is 0 Å². The fraction of sp³-hybridized carbons (Fsp3) is 0.400. The SMILES string of the molecule is CN1CCCC(Nc2cccc3cc(Br)cnc23)C1. The number of benzene rings is 1. The quantitative estimate of drug-likeness (QED) is 0.918. The molecule has 0 aliphatic carbocycles. The van der Waals surface area contributed by atoms with E-state index in [0.29, 0.717) is 6.04 Å². The van der Waals surface area contributed by atoms with Crippen LogP contribution in [0.1, 0.15) is 12.8 Å². The number of anilines is 1. The van der Waals surface area contributed by atoms with E-state index in [2.05, 4.69) is 62.4 Å². The molecule has 0 bridgehead atoms. The van der Waals surface area contributed by atoms with Crippen molar-refractivity contribution in [2.75, 3.05) is 25.5 Å². The van der Waals surface area contributed by atoms with Crippen LogP contribution in [0.15, 0.2) is 34.9 Å². The van der Waals surface area contributed by atoms with Gasteiger partial charge < -0.3 is 10.2 Å². The average Bonchev–Trinajstić information content (AvgIpc) is 2.38. The molecule has 1 aromatic heterocycles.